The summed E-state index contributed by atoms with van der Waals surface area (Å²) in [5, 5.41) is 15.5. The Labute approximate surface area is 200 Å². The fourth-order valence-corrected chi connectivity index (χ4v) is 4.85. The molecule has 1 saturated heterocycles. The molecule has 1 fully saturated rings. The van der Waals surface area contributed by atoms with Gasteiger partial charge in [-0.2, -0.15) is 4.98 Å². The molecule has 0 unspecified atom stereocenters. The van der Waals surface area contributed by atoms with Crippen LogP contribution in [0.4, 0.5) is 4.39 Å². The molecule has 34 heavy (non-hydrogen) atoms. The first-order valence-corrected chi connectivity index (χ1v) is 12.0. The van der Waals surface area contributed by atoms with Crippen LogP contribution in [-0.4, -0.2) is 75.5 Å². The minimum Gasteiger partial charge on any atom is -0.491 e. The molecule has 1 aliphatic rings. The number of aryl methyl sites for hydroxylation is 1. The monoisotopic (exact) mass is 483 g/mol. The average molecular weight is 484 g/mol. The van der Waals surface area contributed by atoms with E-state index >= 15 is 0 Å². The van der Waals surface area contributed by atoms with E-state index in [1.54, 1.807) is 23.5 Å². The highest BCUT2D eigenvalue weighted by molar-refractivity contribution is 7.18. The van der Waals surface area contributed by atoms with E-state index in [1.165, 1.54) is 12.1 Å². The second kappa shape index (κ2) is 10.1. The molecular formula is C24H26FN5O3S. The predicted molar refractivity (Wildman–Crippen MR) is 127 cm³/mol. The fourth-order valence-electron chi connectivity index (χ4n) is 4.04. The molecule has 8 nitrogen and oxygen atoms in total. The zero-order chi connectivity index (χ0) is 23.5. The number of aliphatic hydroxyl groups is 1. The van der Waals surface area contributed by atoms with Gasteiger partial charge in [-0.3, -0.25) is 9.80 Å². The summed E-state index contributed by atoms with van der Waals surface area (Å²) in [6.45, 7) is 6.66. The molecule has 1 N–H and O–H groups in total. The molecule has 0 bridgehead atoms. The van der Waals surface area contributed by atoms with Crippen molar-refractivity contribution in [2.75, 3.05) is 39.3 Å². The lowest BCUT2D eigenvalue weighted by Gasteiger charge is -2.34. The molecule has 5 rings (SSSR count). The number of piperazine rings is 1. The third-order valence-electron chi connectivity index (χ3n) is 5.75. The third-order valence-corrected chi connectivity index (χ3v) is 6.70. The number of hydrogen-bond acceptors (Lipinski definition) is 9. The van der Waals surface area contributed by atoms with Crippen LogP contribution in [0.1, 0.15) is 10.8 Å². The maximum Gasteiger partial charge on any atom is 0.258 e. The minimum absolute atomic E-state index is 0.237. The maximum absolute atomic E-state index is 13.4. The van der Waals surface area contributed by atoms with E-state index in [2.05, 4.69) is 24.9 Å². The van der Waals surface area contributed by atoms with E-state index in [0.717, 1.165) is 47.2 Å². The predicted octanol–water partition coefficient (Wildman–Crippen LogP) is 3.35. The van der Waals surface area contributed by atoms with E-state index in [0.29, 0.717) is 30.4 Å². The molecule has 0 amide bonds. The van der Waals surface area contributed by atoms with Crippen molar-refractivity contribution in [3.63, 3.8) is 0 Å². The SMILES string of the molecule is Cc1nc2cc(OC[C@@H](O)CN3CCN(Cc4noc(-c5cccc(F)c5)n4)CC3)ccc2s1. The molecule has 4 aromatic rings. The second-order valence-corrected chi connectivity index (χ2v) is 9.66. The van der Waals surface area contributed by atoms with Crippen LogP contribution in [0.3, 0.4) is 0 Å². The molecule has 178 valence electrons. The summed E-state index contributed by atoms with van der Waals surface area (Å²) >= 11 is 1.66. The van der Waals surface area contributed by atoms with Crippen molar-refractivity contribution in [3.8, 4) is 17.2 Å². The maximum atomic E-state index is 13.4. The first-order chi connectivity index (χ1) is 16.5. The van der Waals surface area contributed by atoms with Crippen molar-refractivity contribution in [1.82, 2.24) is 24.9 Å². The molecule has 10 heteroatoms. The van der Waals surface area contributed by atoms with Crippen LogP contribution in [0.15, 0.2) is 47.0 Å². The Balaban J connectivity index is 1.06. The summed E-state index contributed by atoms with van der Waals surface area (Å²) in [6.07, 6.45) is -0.578. The Morgan fingerprint density at radius 1 is 1.12 bits per heavy atom. The van der Waals surface area contributed by atoms with Gasteiger partial charge in [0.1, 0.15) is 24.3 Å². The highest BCUT2D eigenvalue weighted by atomic mass is 32.1. The van der Waals surface area contributed by atoms with E-state index in [9.17, 15) is 9.50 Å². The van der Waals surface area contributed by atoms with Gasteiger partial charge < -0.3 is 14.4 Å². The number of aliphatic hydroxyl groups excluding tert-OH is 1. The molecule has 0 spiro atoms. The van der Waals surface area contributed by atoms with Crippen molar-refractivity contribution in [3.05, 3.63) is 59.1 Å². The van der Waals surface area contributed by atoms with Crippen LogP contribution in [0.5, 0.6) is 5.75 Å². The van der Waals surface area contributed by atoms with Crippen LogP contribution < -0.4 is 4.74 Å². The Kier molecular flexibility index (Phi) is 6.82. The molecule has 0 radical (unpaired) electrons. The summed E-state index contributed by atoms with van der Waals surface area (Å²) in [4.78, 5) is 13.4. The largest absolute Gasteiger partial charge is 0.491 e. The van der Waals surface area contributed by atoms with Crippen molar-refractivity contribution in [1.29, 1.82) is 0 Å². The molecule has 3 heterocycles. The Morgan fingerprint density at radius 2 is 1.94 bits per heavy atom. The summed E-state index contributed by atoms with van der Waals surface area (Å²) in [7, 11) is 0. The summed E-state index contributed by atoms with van der Waals surface area (Å²) < 4.78 is 25.6. The van der Waals surface area contributed by atoms with Gasteiger partial charge in [0.25, 0.3) is 5.89 Å². The first-order valence-electron chi connectivity index (χ1n) is 11.2. The Bertz CT molecular complexity index is 1250. The number of β-amino-alcohol motifs (C(OH)–C–C–N with tert-alkyl or cyclic N) is 1. The highest BCUT2D eigenvalue weighted by Crippen LogP contribution is 2.25. The Morgan fingerprint density at radius 3 is 2.76 bits per heavy atom. The van der Waals surface area contributed by atoms with Gasteiger partial charge in [0.2, 0.25) is 0 Å². The lowest BCUT2D eigenvalue weighted by molar-refractivity contribution is 0.0440. The van der Waals surface area contributed by atoms with Gasteiger partial charge in [0.05, 0.1) is 21.8 Å². The van der Waals surface area contributed by atoms with Crippen LogP contribution in [0.25, 0.3) is 21.7 Å². The normalized spacial score (nSPS) is 16.2. The number of thiazole rings is 1. The number of halogens is 1. The standard InChI is InChI=1S/C24H26FN5O3S/c1-16-26-21-12-20(5-6-22(21)34-16)32-15-19(31)13-29-7-9-30(10-8-29)14-23-27-24(33-28-23)17-3-2-4-18(25)11-17/h2-6,11-12,19,31H,7-10,13-15H2,1H3/t19-/m0/s1. The molecule has 1 atom stereocenters. The van der Waals surface area contributed by atoms with Gasteiger partial charge in [-0.25, -0.2) is 9.37 Å². The van der Waals surface area contributed by atoms with E-state index < -0.39 is 6.10 Å². The van der Waals surface area contributed by atoms with E-state index in [-0.39, 0.29) is 12.4 Å². The fraction of sp³-hybridized carbons (Fsp3) is 0.375. The lowest BCUT2D eigenvalue weighted by atomic mass is 10.2. The van der Waals surface area contributed by atoms with E-state index in [4.69, 9.17) is 9.26 Å². The average Bonchev–Trinajstić information content (AvgIpc) is 3.44. The molecule has 0 aliphatic carbocycles. The lowest BCUT2D eigenvalue weighted by Crippen LogP contribution is -2.48. The van der Waals surface area contributed by atoms with Crippen molar-refractivity contribution < 1.29 is 18.8 Å². The van der Waals surface area contributed by atoms with Gasteiger partial charge in [0, 0.05) is 44.4 Å². The molecule has 0 saturated carbocycles. The second-order valence-electron chi connectivity index (χ2n) is 8.43. The third kappa shape index (κ3) is 5.58. The summed E-state index contributed by atoms with van der Waals surface area (Å²) in [5.74, 6) is 1.28. The molecule has 2 aromatic heterocycles. The van der Waals surface area contributed by atoms with Crippen LogP contribution in [-0.2, 0) is 6.54 Å². The van der Waals surface area contributed by atoms with Gasteiger partial charge in [-0.15, -0.1) is 11.3 Å². The number of hydrogen-bond donors (Lipinski definition) is 1. The van der Waals surface area contributed by atoms with Crippen molar-refractivity contribution in [2.45, 2.75) is 19.6 Å². The molecule has 1 aliphatic heterocycles. The summed E-state index contributed by atoms with van der Waals surface area (Å²) in [5.41, 5.74) is 1.50. The van der Waals surface area contributed by atoms with E-state index in [1.807, 2.05) is 25.1 Å². The number of fused-ring (bicyclic) bond motifs is 1. The number of ether oxygens (including phenoxy) is 1. The van der Waals surface area contributed by atoms with Gasteiger partial charge in [-0.1, -0.05) is 11.2 Å². The smallest absolute Gasteiger partial charge is 0.258 e. The number of rotatable bonds is 8. The highest BCUT2D eigenvalue weighted by Gasteiger charge is 2.21. The topological polar surface area (TPSA) is 87.8 Å². The number of aromatic nitrogens is 3. The minimum atomic E-state index is -0.578. The van der Waals surface area contributed by atoms with Crippen molar-refractivity contribution >= 4 is 21.6 Å². The van der Waals surface area contributed by atoms with Crippen molar-refractivity contribution in [2.24, 2.45) is 0 Å². The van der Waals surface area contributed by atoms with Gasteiger partial charge >= 0.3 is 0 Å². The first kappa shape index (κ1) is 22.9. The molecular weight excluding hydrogens is 457 g/mol. The van der Waals surface area contributed by atoms with Gasteiger partial charge in [-0.05, 0) is 37.3 Å². The molecule has 2 aromatic carbocycles. The van der Waals surface area contributed by atoms with Crippen LogP contribution >= 0.6 is 11.3 Å². The van der Waals surface area contributed by atoms with Crippen LogP contribution in [0.2, 0.25) is 0 Å². The Hall–Kier alpha value is -2.92. The number of benzene rings is 2. The quantitative estimate of drug-likeness (QED) is 0.408. The zero-order valence-electron chi connectivity index (χ0n) is 18.9. The summed E-state index contributed by atoms with van der Waals surface area (Å²) in [6, 6.07) is 12.0. The zero-order valence-corrected chi connectivity index (χ0v) is 19.7. The number of nitrogens with zero attached hydrogens (tertiary/aromatic N) is 5. The van der Waals surface area contributed by atoms with Crippen LogP contribution in [0, 0.1) is 12.7 Å². The van der Waals surface area contributed by atoms with Gasteiger partial charge in [0.15, 0.2) is 5.82 Å².